The van der Waals surface area contributed by atoms with E-state index >= 15 is 0 Å². The third kappa shape index (κ3) is 2.36. The Morgan fingerprint density at radius 1 is 1.33 bits per heavy atom. The van der Waals surface area contributed by atoms with E-state index in [1.165, 1.54) is 6.07 Å². The number of fused-ring (bicyclic) bond motifs is 1. The number of aromatic nitrogens is 1. The van der Waals surface area contributed by atoms with Crippen LogP contribution in [0.2, 0.25) is 5.02 Å². The maximum Gasteiger partial charge on any atom is 0.260 e. The molecule has 1 aromatic carbocycles. The fraction of sp³-hybridized carbons (Fsp3) is 0.167. The highest BCUT2D eigenvalue weighted by molar-refractivity contribution is 7.10. The number of carbonyl (C=O) groups is 1. The Hall–Kier alpha value is -2.11. The summed E-state index contributed by atoms with van der Waals surface area (Å²) in [5.41, 5.74) is 3.21. The molecule has 3 heterocycles. The average Bonchev–Trinajstić information content (AvgIpc) is 3.15. The van der Waals surface area contributed by atoms with Crippen LogP contribution in [0.1, 0.15) is 20.9 Å². The second kappa shape index (κ2) is 5.76. The van der Waals surface area contributed by atoms with E-state index in [-0.39, 0.29) is 5.91 Å². The Bertz CT molecular complexity index is 926. The van der Waals surface area contributed by atoms with Crippen LogP contribution < -0.4 is 4.90 Å². The molecule has 0 spiro atoms. The highest BCUT2D eigenvalue weighted by atomic mass is 35.5. The molecule has 4 rings (SSSR count). The van der Waals surface area contributed by atoms with Gasteiger partial charge >= 0.3 is 0 Å². The second-order valence-electron chi connectivity index (χ2n) is 5.74. The van der Waals surface area contributed by atoms with Gasteiger partial charge in [0.25, 0.3) is 5.91 Å². The first kappa shape index (κ1) is 15.4. The number of thiophene rings is 1. The standard InChI is InChI=1S/C18H14ClFN2OS/c1-10-16(6-8-24-10)22-7-5-14-11(18(22)23)9-15(21-14)17-12(19)3-2-4-13(17)20/h2-4,6,8-9,21H,5,7H2,1H3. The number of benzene rings is 1. The predicted molar refractivity (Wildman–Crippen MR) is 95.6 cm³/mol. The minimum absolute atomic E-state index is 0.0623. The van der Waals surface area contributed by atoms with Crippen LogP contribution in [0.15, 0.2) is 35.7 Å². The van der Waals surface area contributed by atoms with Crippen LogP contribution in [0.5, 0.6) is 0 Å². The van der Waals surface area contributed by atoms with Crippen LogP contribution in [-0.2, 0) is 6.42 Å². The first-order chi connectivity index (χ1) is 11.6. The van der Waals surface area contributed by atoms with Gasteiger partial charge in [0.2, 0.25) is 0 Å². The zero-order valence-corrected chi connectivity index (χ0v) is 14.5. The summed E-state index contributed by atoms with van der Waals surface area (Å²) in [5, 5.41) is 2.31. The van der Waals surface area contributed by atoms with Gasteiger partial charge in [-0.3, -0.25) is 4.79 Å². The lowest BCUT2D eigenvalue weighted by Gasteiger charge is -2.26. The normalized spacial score (nSPS) is 14.1. The smallest absolute Gasteiger partial charge is 0.260 e. The van der Waals surface area contributed by atoms with Gasteiger partial charge in [0.15, 0.2) is 0 Å². The summed E-state index contributed by atoms with van der Waals surface area (Å²) >= 11 is 7.76. The molecule has 0 saturated carbocycles. The quantitative estimate of drug-likeness (QED) is 0.682. The van der Waals surface area contributed by atoms with Gasteiger partial charge < -0.3 is 9.88 Å². The van der Waals surface area contributed by atoms with Crippen molar-refractivity contribution in [3.63, 3.8) is 0 Å². The molecular weight excluding hydrogens is 347 g/mol. The van der Waals surface area contributed by atoms with Gasteiger partial charge in [0.05, 0.1) is 27.5 Å². The first-order valence-electron chi connectivity index (χ1n) is 7.58. The summed E-state index contributed by atoms with van der Waals surface area (Å²) in [6.45, 7) is 2.61. The number of aryl methyl sites for hydroxylation is 1. The molecule has 0 unspecified atom stereocenters. The number of carbonyl (C=O) groups excluding carboxylic acids is 1. The molecule has 1 aliphatic rings. The van der Waals surface area contributed by atoms with Crippen LogP contribution in [0, 0.1) is 12.7 Å². The highest BCUT2D eigenvalue weighted by Gasteiger charge is 2.29. The van der Waals surface area contributed by atoms with Gasteiger partial charge in [0, 0.05) is 23.5 Å². The highest BCUT2D eigenvalue weighted by Crippen LogP contribution is 2.35. The monoisotopic (exact) mass is 360 g/mol. The van der Waals surface area contributed by atoms with E-state index < -0.39 is 5.82 Å². The molecule has 2 aromatic heterocycles. The Morgan fingerprint density at radius 3 is 2.88 bits per heavy atom. The number of anilines is 1. The first-order valence-corrected chi connectivity index (χ1v) is 8.84. The third-order valence-corrected chi connectivity index (χ3v) is 5.46. The number of halogens is 2. The Kier molecular flexibility index (Phi) is 3.70. The van der Waals surface area contributed by atoms with E-state index in [0.717, 1.165) is 16.3 Å². The molecular formula is C18H14ClFN2OS. The van der Waals surface area contributed by atoms with Crippen LogP contribution in [-0.4, -0.2) is 17.4 Å². The van der Waals surface area contributed by atoms with Crippen molar-refractivity contribution in [2.45, 2.75) is 13.3 Å². The van der Waals surface area contributed by atoms with E-state index in [4.69, 9.17) is 11.6 Å². The van der Waals surface area contributed by atoms with Gasteiger partial charge in [0.1, 0.15) is 5.82 Å². The number of rotatable bonds is 2. The molecule has 0 aliphatic carbocycles. The molecule has 24 heavy (non-hydrogen) atoms. The van der Waals surface area contributed by atoms with Crippen molar-refractivity contribution in [1.82, 2.24) is 4.98 Å². The molecule has 0 radical (unpaired) electrons. The van der Waals surface area contributed by atoms with Crippen molar-refractivity contribution in [3.8, 4) is 11.3 Å². The van der Waals surface area contributed by atoms with E-state index in [9.17, 15) is 9.18 Å². The molecule has 122 valence electrons. The average molecular weight is 361 g/mol. The number of nitrogens with zero attached hydrogens (tertiary/aromatic N) is 1. The zero-order chi connectivity index (χ0) is 16.8. The van der Waals surface area contributed by atoms with Gasteiger partial charge in [-0.2, -0.15) is 0 Å². The number of amides is 1. The number of hydrogen-bond donors (Lipinski definition) is 1. The van der Waals surface area contributed by atoms with Crippen molar-refractivity contribution in [3.05, 3.63) is 62.7 Å². The topological polar surface area (TPSA) is 36.1 Å². The molecule has 0 bridgehead atoms. The SMILES string of the molecule is Cc1sccc1N1CCc2[nH]c(-c3c(F)cccc3Cl)cc2C1=O. The Labute approximate surface area is 147 Å². The fourth-order valence-corrected chi connectivity index (χ4v) is 4.10. The van der Waals surface area contributed by atoms with Crippen LogP contribution >= 0.6 is 22.9 Å². The molecule has 3 nitrogen and oxygen atoms in total. The molecule has 3 aromatic rings. The number of H-pyrrole nitrogens is 1. The van der Waals surface area contributed by atoms with E-state index in [0.29, 0.717) is 34.8 Å². The molecule has 1 N–H and O–H groups in total. The molecule has 1 amide bonds. The van der Waals surface area contributed by atoms with Crippen molar-refractivity contribution in [2.75, 3.05) is 11.4 Å². The van der Waals surface area contributed by atoms with E-state index in [1.54, 1.807) is 34.4 Å². The fourth-order valence-electron chi connectivity index (χ4n) is 3.13. The Morgan fingerprint density at radius 2 is 2.17 bits per heavy atom. The van der Waals surface area contributed by atoms with Gasteiger partial charge in [-0.15, -0.1) is 11.3 Å². The molecule has 6 heteroatoms. The van der Waals surface area contributed by atoms with Gasteiger partial charge in [-0.05, 0) is 36.6 Å². The summed E-state index contributed by atoms with van der Waals surface area (Å²) < 4.78 is 14.2. The minimum Gasteiger partial charge on any atom is -0.358 e. The maximum absolute atomic E-state index is 14.2. The lowest BCUT2D eigenvalue weighted by Crippen LogP contribution is -2.37. The summed E-state index contributed by atoms with van der Waals surface area (Å²) in [7, 11) is 0. The molecule has 0 fully saturated rings. The van der Waals surface area contributed by atoms with E-state index in [2.05, 4.69) is 4.98 Å². The summed E-state index contributed by atoms with van der Waals surface area (Å²) in [6.07, 6.45) is 0.697. The summed E-state index contributed by atoms with van der Waals surface area (Å²) in [5.74, 6) is -0.466. The molecule has 0 atom stereocenters. The lowest BCUT2D eigenvalue weighted by molar-refractivity contribution is 0.0980. The van der Waals surface area contributed by atoms with Crippen molar-refractivity contribution in [1.29, 1.82) is 0 Å². The molecule has 1 aliphatic heterocycles. The second-order valence-corrected chi connectivity index (χ2v) is 7.27. The Balaban J connectivity index is 1.77. The summed E-state index contributed by atoms with van der Waals surface area (Å²) in [4.78, 5) is 18.9. The number of aromatic amines is 1. The lowest BCUT2D eigenvalue weighted by atomic mass is 10.1. The van der Waals surface area contributed by atoms with Crippen molar-refractivity contribution >= 4 is 34.5 Å². The van der Waals surface area contributed by atoms with Gasteiger partial charge in [-0.25, -0.2) is 4.39 Å². The zero-order valence-electron chi connectivity index (χ0n) is 12.9. The molecule has 0 saturated heterocycles. The van der Waals surface area contributed by atoms with Crippen LogP contribution in [0.4, 0.5) is 10.1 Å². The minimum atomic E-state index is -0.404. The predicted octanol–water partition coefficient (Wildman–Crippen LogP) is 5.05. The van der Waals surface area contributed by atoms with Crippen molar-refractivity contribution < 1.29 is 9.18 Å². The third-order valence-electron chi connectivity index (χ3n) is 4.31. The van der Waals surface area contributed by atoms with Crippen LogP contribution in [0.3, 0.4) is 0 Å². The van der Waals surface area contributed by atoms with Crippen LogP contribution in [0.25, 0.3) is 11.3 Å². The van der Waals surface area contributed by atoms with E-state index in [1.807, 2.05) is 18.4 Å². The van der Waals surface area contributed by atoms with Crippen molar-refractivity contribution in [2.24, 2.45) is 0 Å². The number of nitrogens with one attached hydrogen (secondary N) is 1. The maximum atomic E-state index is 14.2. The van der Waals surface area contributed by atoms with Gasteiger partial charge in [-0.1, -0.05) is 17.7 Å². The number of hydrogen-bond acceptors (Lipinski definition) is 2. The largest absolute Gasteiger partial charge is 0.358 e. The summed E-state index contributed by atoms with van der Waals surface area (Å²) in [6, 6.07) is 8.24.